The lowest BCUT2D eigenvalue weighted by Gasteiger charge is -2.30. The van der Waals surface area contributed by atoms with Gasteiger partial charge in [0.1, 0.15) is 17.9 Å². The Kier molecular flexibility index (Phi) is 8.94. The van der Waals surface area contributed by atoms with E-state index in [-0.39, 0.29) is 35.5 Å². The number of hydrogen-bond acceptors (Lipinski definition) is 6. The van der Waals surface area contributed by atoms with E-state index < -0.39 is 23.6 Å². The van der Waals surface area contributed by atoms with Crippen molar-refractivity contribution < 1.29 is 32.2 Å². The van der Waals surface area contributed by atoms with Gasteiger partial charge in [-0.2, -0.15) is 18.4 Å². The molecule has 1 saturated carbocycles. The van der Waals surface area contributed by atoms with Crippen LogP contribution in [0.15, 0.2) is 66.7 Å². The molecule has 0 aromatic heterocycles. The second-order valence-electron chi connectivity index (χ2n) is 9.48. The third-order valence-electron chi connectivity index (χ3n) is 6.75. The molecule has 0 heterocycles. The van der Waals surface area contributed by atoms with Crippen molar-refractivity contribution in [2.45, 2.75) is 50.6 Å². The van der Waals surface area contributed by atoms with Gasteiger partial charge in [0.2, 0.25) is 0 Å². The van der Waals surface area contributed by atoms with Crippen LogP contribution in [0.3, 0.4) is 0 Å². The number of anilines is 1. The Balaban J connectivity index is 1.42. The smallest absolute Gasteiger partial charge is 0.416 e. The van der Waals surface area contributed by atoms with Gasteiger partial charge in [-0.3, -0.25) is 4.79 Å². The number of carbonyl (C=O) groups is 2. The standard InChI is InChI=1S/C30H28F3N3O4/c1-39-27-14-7-19(15-21(27)17-34)18-35-28(37)25-16-22(30(31,32)33)8-13-26(25)36-23-9-11-24(12-10-23)40-29(38)20-5-3-2-4-6-20/h2-8,13-16,23-24,36H,9-12,18H2,1H3,(H,35,37)/t23-,24+. The molecule has 0 radical (unpaired) electrons. The van der Waals surface area contributed by atoms with Crippen LogP contribution in [-0.4, -0.2) is 31.1 Å². The molecule has 40 heavy (non-hydrogen) atoms. The lowest BCUT2D eigenvalue weighted by molar-refractivity contribution is -0.137. The number of methoxy groups -OCH3 is 1. The summed E-state index contributed by atoms with van der Waals surface area (Å²) >= 11 is 0. The molecule has 4 rings (SSSR count). The van der Waals surface area contributed by atoms with Crippen LogP contribution in [0.25, 0.3) is 0 Å². The Morgan fingerprint density at radius 3 is 2.38 bits per heavy atom. The first-order valence-electron chi connectivity index (χ1n) is 12.8. The number of amides is 1. The molecule has 3 aromatic carbocycles. The van der Waals surface area contributed by atoms with E-state index in [1.54, 1.807) is 42.5 Å². The first kappa shape index (κ1) is 28.5. The summed E-state index contributed by atoms with van der Waals surface area (Å²) in [5, 5.41) is 15.2. The van der Waals surface area contributed by atoms with Gasteiger partial charge in [-0.25, -0.2) is 4.79 Å². The highest BCUT2D eigenvalue weighted by atomic mass is 19.4. The monoisotopic (exact) mass is 551 g/mol. The second kappa shape index (κ2) is 12.6. The molecule has 1 aliphatic rings. The Bertz CT molecular complexity index is 1400. The molecule has 0 saturated heterocycles. The molecule has 7 nitrogen and oxygen atoms in total. The maximum atomic E-state index is 13.5. The minimum atomic E-state index is -4.62. The van der Waals surface area contributed by atoms with E-state index in [1.807, 2.05) is 12.1 Å². The summed E-state index contributed by atoms with van der Waals surface area (Å²) < 4.78 is 51.1. The maximum Gasteiger partial charge on any atom is 0.416 e. The quantitative estimate of drug-likeness (QED) is 0.329. The van der Waals surface area contributed by atoms with Crippen molar-refractivity contribution in [1.29, 1.82) is 5.26 Å². The van der Waals surface area contributed by atoms with Crippen molar-refractivity contribution >= 4 is 17.6 Å². The number of esters is 1. The molecular weight excluding hydrogens is 523 g/mol. The summed E-state index contributed by atoms with van der Waals surface area (Å²) in [5.74, 6) is -0.697. The summed E-state index contributed by atoms with van der Waals surface area (Å²) in [6.07, 6.45) is -2.50. The SMILES string of the molecule is COc1ccc(CNC(=O)c2cc(C(F)(F)F)ccc2N[C@H]2CC[C@@H](OC(=O)c3ccccc3)CC2)cc1C#N. The van der Waals surface area contributed by atoms with Gasteiger partial charge in [0, 0.05) is 18.3 Å². The fraction of sp³-hybridized carbons (Fsp3) is 0.300. The lowest BCUT2D eigenvalue weighted by Crippen LogP contribution is -2.32. The van der Waals surface area contributed by atoms with Crippen LogP contribution in [0.4, 0.5) is 18.9 Å². The summed E-state index contributed by atoms with van der Waals surface area (Å²) in [6, 6.07) is 18.4. The summed E-state index contributed by atoms with van der Waals surface area (Å²) in [6.45, 7) is 0.00504. The molecule has 0 atom stereocenters. The first-order valence-corrected chi connectivity index (χ1v) is 12.8. The number of hydrogen-bond donors (Lipinski definition) is 2. The Hall–Kier alpha value is -4.52. The van der Waals surface area contributed by atoms with Gasteiger partial charge in [0.15, 0.2) is 0 Å². The highest BCUT2D eigenvalue weighted by molar-refractivity contribution is 6.00. The van der Waals surface area contributed by atoms with Crippen LogP contribution in [-0.2, 0) is 17.5 Å². The number of benzene rings is 3. The number of rotatable bonds is 8. The van der Waals surface area contributed by atoms with E-state index in [0.29, 0.717) is 42.6 Å². The van der Waals surface area contributed by atoms with Crippen molar-refractivity contribution in [2.24, 2.45) is 0 Å². The largest absolute Gasteiger partial charge is 0.495 e. The van der Waals surface area contributed by atoms with Crippen LogP contribution in [0, 0.1) is 11.3 Å². The lowest BCUT2D eigenvalue weighted by atomic mass is 9.92. The molecule has 208 valence electrons. The van der Waals surface area contributed by atoms with E-state index in [9.17, 15) is 28.0 Å². The minimum absolute atomic E-state index is 0.00504. The van der Waals surface area contributed by atoms with Crippen molar-refractivity contribution in [3.8, 4) is 11.8 Å². The van der Waals surface area contributed by atoms with Crippen molar-refractivity contribution in [3.63, 3.8) is 0 Å². The van der Waals surface area contributed by atoms with Crippen molar-refractivity contribution in [1.82, 2.24) is 5.32 Å². The number of alkyl halides is 3. The van der Waals surface area contributed by atoms with Crippen molar-refractivity contribution in [3.05, 3.63) is 94.5 Å². The van der Waals surface area contributed by atoms with E-state index in [0.717, 1.165) is 12.1 Å². The number of halogens is 3. The molecule has 0 spiro atoms. The van der Waals surface area contributed by atoms with E-state index >= 15 is 0 Å². The zero-order chi connectivity index (χ0) is 28.7. The van der Waals surface area contributed by atoms with Crippen LogP contribution in [0.2, 0.25) is 0 Å². The Morgan fingerprint density at radius 2 is 1.73 bits per heavy atom. The van der Waals surface area contributed by atoms with Crippen LogP contribution in [0.1, 0.15) is 63.1 Å². The van der Waals surface area contributed by atoms with Gasteiger partial charge in [0.05, 0.1) is 29.4 Å². The van der Waals surface area contributed by atoms with Gasteiger partial charge in [-0.05, 0) is 73.7 Å². The summed E-state index contributed by atoms with van der Waals surface area (Å²) in [4.78, 5) is 25.4. The van der Waals surface area contributed by atoms with Gasteiger partial charge >= 0.3 is 12.1 Å². The predicted octanol–water partition coefficient (Wildman–Crippen LogP) is 6.10. The number of carbonyl (C=O) groups excluding carboxylic acids is 2. The molecule has 0 aliphatic heterocycles. The zero-order valence-electron chi connectivity index (χ0n) is 21.8. The zero-order valence-corrected chi connectivity index (χ0v) is 21.8. The summed E-state index contributed by atoms with van der Waals surface area (Å²) in [5.41, 5.74) is 0.554. The molecular formula is C30H28F3N3O4. The molecule has 1 aliphatic carbocycles. The first-order chi connectivity index (χ1) is 19.2. The normalized spacial score (nSPS) is 16.9. The van der Waals surface area contributed by atoms with Crippen LogP contribution in [0.5, 0.6) is 5.75 Å². The maximum absolute atomic E-state index is 13.5. The molecule has 2 N–H and O–H groups in total. The molecule has 1 fully saturated rings. The fourth-order valence-corrected chi connectivity index (χ4v) is 4.60. The van der Waals surface area contributed by atoms with Gasteiger partial charge in [-0.1, -0.05) is 24.3 Å². The topological polar surface area (TPSA) is 100 Å². The predicted molar refractivity (Wildman–Crippen MR) is 142 cm³/mol. The fourth-order valence-electron chi connectivity index (χ4n) is 4.60. The Labute approximate surface area is 229 Å². The highest BCUT2D eigenvalue weighted by Gasteiger charge is 2.32. The Morgan fingerprint density at radius 1 is 1.00 bits per heavy atom. The highest BCUT2D eigenvalue weighted by Crippen LogP contribution is 2.33. The second-order valence-corrected chi connectivity index (χ2v) is 9.48. The third-order valence-corrected chi connectivity index (χ3v) is 6.75. The van der Waals surface area contributed by atoms with Crippen LogP contribution < -0.4 is 15.4 Å². The van der Waals surface area contributed by atoms with E-state index in [2.05, 4.69) is 10.6 Å². The van der Waals surface area contributed by atoms with Crippen LogP contribution >= 0.6 is 0 Å². The van der Waals surface area contributed by atoms with Gasteiger partial charge in [0.25, 0.3) is 5.91 Å². The number of nitriles is 1. The third kappa shape index (κ3) is 7.11. The molecule has 0 bridgehead atoms. The average Bonchev–Trinajstić information content (AvgIpc) is 2.96. The van der Waals surface area contributed by atoms with Gasteiger partial charge in [-0.15, -0.1) is 0 Å². The van der Waals surface area contributed by atoms with Crippen molar-refractivity contribution in [2.75, 3.05) is 12.4 Å². The average molecular weight is 552 g/mol. The van der Waals surface area contributed by atoms with E-state index in [4.69, 9.17) is 9.47 Å². The molecule has 10 heteroatoms. The number of nitrogens with zero attached hydrogens (tertiary/aromatic N) is 1. The molecule has 1 amide bonds. The number of nitrogens with one attached hydrogen (secondary N) is 2. The number of ether oxygens (including phenoxy) is 2. The summed E-state index contributed by atoms with van der Waals surface area (Å²) in [7, 11) is 1.43. The van der Waals surface area contributed by atoms with Gasteiger partial charge < -0.3 is 20.1 Å². The molecule has 0 unspecified atom stereocenters. The molecule has 3 aromatic rings. The van der Waals surface area contributed by atoms with E-state index in [1.165, 1.54) is 13.2 Å². The minimum Gasteiger partial charge on any atom is -0.495 e.